The third-order valence-electron chi connectivity index (χ3n) is 3.89. The highest BCUT2D eigenvalue weighted by Gasteiger charge is 2.41. The van der Waals surface area contributed by atoms with E-state index in [2.05, 4.69) is 45.8 Å². The number of hydrogen-bond acceptors (Lipinski definition) is 2. The Morgan fingerprint density at radius 2 is 2.12 bits per heavy atom. The molecule has 1 saturated heterocycles. The summed E-state index contributed by atoms with van der Waals surface area (Å²) in [5, 5.41) is 3.14. The van der Waals surface area contributed by atoms with Crippen molar-refractivity contribution in [3.63, 3.8) is 0 Å². The van der Waals surface area contributed by atoms with Gasteiger partial charge in [-0.15, -0.1) is 6.58 Å². The van der Waals surface area contributed by atoms with E-state index in [1.807, 2.05) is 6.08 Å². The van der Waals surface area contributed by atoms with E-state index in [9.17, 15) is 4.79 Å². The SMILES string of the molecule is C=C[C@@H](O[Si](C)(C)C(C)(C)C)[C@H]1CCC(=O)N1. The van der Waals surface area contributed by atoms with E-state index in [0.29, 0.717) is 6.42 Å². The van der Waals surface area contributed by atoms with Gasteiger partial charge in [0.1, 0.15) is 0 Å². The average Bonchev–Trinajstić information content (AvgIpc) is 2.59. The molecule has 0 saturated carbocycles. The van der Waals surface area contributed by atoms with E-state index in [4.69, 9.17) is 4.43 Å². The molecule has 0 aromatic heterocycles. The Labute approximate surface area is 106 Å². The molecule has 1 rings (SSSR count). The van der Waals surface area contributed by atoms with Crippen LogP contribution >= 0.6 is 0 Å². The van der Waals surface area contributed by atoms with E-state index in [1.54, 1.807) is 0 Å². The smallest absolute Gasteiger partial charge is 0.220 e. The van der Waals surface area contributed by atoms with Crippen LogP contribution < -0.4 is 5.32 Å². The van der Waals surface area contributed by atoms with Crippen LogP contribution in [0.25, 0.3) is 0 Å². The lowest BCUT2D eigenvalue weighted by molar-refractivity contribution is -0.119. The molecule has 0 unspecified atom stereocenters. The Balaban J connectivity index is 2.70. The highest BCUT2D eigenvalue weighted by molar-refractivity contribution is 6.74. The van der Waals surface area contributed by atoms with Gasteiger partial charge in [-0.1, -0.05) is 26.8 Å². The minimum absolute atomic E-state index is 0.0534. The average molecular weight is 255 g/mol. The third-order valence-corrected chi connectivity index (χ3v) is 8.37. The van der Waals surface area contributed by atoms with Gasteiger partial charge >= 0.3 is 0 Å². The molecule has 0 aromatic rings. The van der Waals surface area contributed by atoms with Crippen molar-refractivity contribution in [1.82, 2.24) is 5.32 Å². The molecule has 1 fully saturated rings. The van der Waals surface area contributed by atoms with Crippen LogP contribution in [0.15, 0.2) is 12.7 Å². The first kappa shape index (κ1) is 14.4. The van der Waals surface area contributed by atoms with Gasteiger partial charge in [0.05, 0.1) is 12.1 Å². The largest absolute Gasteiger partial charge is 0.408 e. The van der Waals surface area contributed by atoms with E-state index < -0.39 is 8.32 Å². The van der Waals surface area contributed by atoms with Crippen molar-refractivity contribution in [2.24, 2.45) is 0 Å². The van der Waals surface area contributed by atoms with E-state index in [1.165, 1.54) is 0 Å². The molecule has 0 spiro atoms. The van der Waals surface area contributed by atoms with Gasteiger partial charge in [0.15, 0.2) is 8.32 Å². The van der Waals surface area contributed by atoms with Crippen LogP contribution in [0.1, 0.15) is 33.6 Å². The zero-order valence-electron chi connectivity index (χ0n) is 11.7. The summed E-state index contributed by atoms with van der Waals surface area (Å²) in [4.78, 5) is 11.2. The summed E-state index contributed by atoms with van der Waals surface area (Å²) in [7, 11) is -1.80. The first-order valence-electron chi connectivity index (χ1n) is 6.27. The van der Waals surface area contributed by atoms with Crippen molar-refractivity contribution in [2.45, 2.75) is 63.9 Å². The third kappa shape index (κ3) is 3.42. The van der Waals surface area contributed by atoms with Crippen LogP contribution in [0.3, 0.4) is 0 Å². The van der Waals surface area contributed by atoms with E-state index in [-0.39, 0.29) is 23.1 Å². The van der Waals surface area contributed by atoms with Crippen LogP contribution in [0, 0.1) is 0 Å². The minimum atomic E-state index is -1.80. The number of rotatable bonds is 4. The normalized spacial score (nSPS) is 23.4. The molecule has 1 aliphatic rings. The Kier molecular flexibility index (Phi) is 4.20. The van der Waals surface area contributed by atoms with Gasteiger partial charge in [-0.3, -0.25) is 4.79 Å². The summed E-state index contributed by atoms with van der Waals surface area (Å²) < 4.78 is 6.29. The Morgan fingerprint density at radius 3 is 2.47 bits per heavy atom. The number of nitrogens with one attached hydrogen (secondary N) is 1. The van der Waals surface area contributed by atoms with Crippen LogP contribution in [0.4, 0.5) is 0 Å². The molecular formula is C13H25NO2Si. The summed E-state index contributed by atoms with van der Waals surface area (Å²) in [6.07, 6.45) is 3.24. The molecular weight excluding hydrogens is 230 g/mol. The van der Waals surface area contributed by atoms with Gasteiger partial charge in [-0.25, -0.2) is 0 Å². The summed E-state index contributed by atoms with van der Waals surface area (Å²) in [6, 6.07) is 0.106. The van der Waals surface area contributed by atoms with Gasteiger partial charge < -0.3 is 9.74 Å². The number of carbonyl (C=O) groups is 1. The zero-order chi connectivity index (χ0) is 13.3. The lowest BCUT2D eigenvalue weighted by atomic mass is 10.1. The molecule has 98 valence electrons. The molecule has 1 amide bonds. The highest BCUT2D eigenvalue weighted by Crippen LogP contribution is 2.38. The second-order valence-electron chi connectivity index (χ2n) is 6.29. The summed E-state index contributed by atoms with van der Waals surface area (Å²) in [5.74, 6) is 0.126. The molecule has 0 aromatic carbocycles. The fraction of sp³-hybridized carbons (Fsp3) is 0.769. The van der Waals surface area contributed by atoms with Crippen LogP contribution in [-0.4, -0.2) is 26.4 Å². The number of hydrogen-bond donors (Lipinski definition) is 1. The molecule has 2 atom stereocenters. The Hall–Kier alpha value is -0.613. The minimum Gasteiger partial charge on any atom is -0.408 e. The zero-order valence-corrected chi connectivity index (χ0v) is 12.7. The second-order valence-corrected chi connectivity index (χ2v) is 11.0. The molecule has 3 nitrogen and oxygen atoms in total. The van der Waals surface area contributed by atoms with Gasteiger partial charge in [0.25, 0.3) is 0 Å². The summed E-state index contributed by atoms with van der Waals surface area (Å²) >= 11 is 0. The van der Waals surface area contributed by atoms with Crippen LogP contribution in [0.2, 0.25) is 18.1 Å². The molecule has 1 heterocycles. The lowest BCUT2D eigenvalue weighted by Crippen LogP contribution is -2.48. The monoisotopic (exact) mass is 255 g/mol. The van der Waals surface area contributed by atoms with E-state index in [0.717, 1.165) is 6.42 Å². The van der Waals surface area contributed by atoms with Crippen molar-refractivity contribution in [1.29, 1.82) is 0 Å². The maximum Gasteiger partial charge on any atom is 0.220 e. The van der Waals surface area contributed by atoms with Crippen molar-refractivity contribution < 1.29 is 9.22 Å². The van der Waals surface area contributed by atoms with Crippen LogP contribution in [0.5, 0.6) is 0 Å². The highest BCUT2D eigenvalue weighted by atomic mass is 28.4. The fourth-order valence-corrected chi connectivity index (χ4v) is 2.99. The second kappa shape index (κ2) is 4.94. The molecule has 4 heteroatoms. The van der Waals surface area contributed by atoms with Gasteiger partial charge in [0.2, 0.25) is 5.91 Å². The molecule has 0 aliphatic carbocycles. The number of carbonyl (C=O) groups excluding carboxylic acids is 1. The standard InChI is InChI=1S/C13H25NO2Si/c1-7-11(10-8-9-12(15)14-10)16-17(5,6)13(2,3)4/h7,10-11H,1,8-9H2,2-6H3,(H,14,15)/t10-,11-/m1/s1. The van der Waals surface area contributed by atoms with Crippen molar-refractivity contribution in [3.05, 3.63) is 12.7 Å². The molecule has 0 radical (unpaired) electrons. The van der Waals surface area contributed by atoms with Gasteiger partial charge in [-0.2, -0.15) is 0 Å². The first-order chi connectivity index (χ1) is 7.67. The van der Waals surface area contributed by atoms with Crippen LogP contribution in [-0.2, 0) is 9.22 Å². The Morgan fingerprint density at radius 1 is 1.53 bits per heavy atom. The molecule has 1 aliphatic heterocycles. The predicted molar refractivity (Wildman–Crippen MR) is 73.4 cm³/mol. The maximum absolute atomic E-state index is 11.2. The molecule has 0 bridgehead atoms. The molecule has 17 heavy (non-hydrogen) atoms. The topological polar surface area (TPSA) is 38.3 Å². The predicted octanol–water partition coefficient (Wildman–Crippen LogP) is 2.84. The summed E-state index contributed by atoms with van der Waals surface area (Å²) in [6.45, 7) is 14.9. The van der Waals surface area contributed by atoms with Gasteiger partial charge in [0, 0.05) is 6.42 Å². The molecule has 1 N–H and O–H groups in total. The first-order valence-corrected chi connectivity index (χ1v) is 9.18. The maximum atomic E-state index is 11.2. The van der Waals surface area contributed by atoms with Gasteiger partial charge in [-0.05, 0) is 24.6 Å². The van der Waals surface area contributed by atoms with E-state index >= 15 is 0 Å². The van der Waals surface area contributed by atoms with Crippen molar-refractivity contribution in [3.8, 4) is 0 Å². The fourth-order valence-electron chi connectivity index (χ4n) is 1.70. The summed E-state index contributed by atoms with van der Waals surface area (Å²) in [5.41, 5.74) is 0. The van der Waals surface area contributed by atoms with Crippen molar-refractivity contribution >= 4 is 14.2 Å². The number of amides is 1. The van der Waals surface area contributed by atoms with Crippen molar-refractivity contribution in [2.75, 3.05) is 0 Å². The lowest BCUT2D eigenvalue weighted by Gasteiger charge is -2.40. The quantitative estimate of drug-likeness (QED) is 0.619. The Bertz CT molecular complexity index is 307.